The Hall–Kier alpha value is -2.52. The fraction of sp³-hybridized carbons (Fsp3) is 0.421. The molecule has 1 heterocycles. The molecule has 0 aliphatic carbocycles. The number of halogens is 1. The largest absolute Gasteiger partial charge is 0.465 e. The van der Waals surface area contributed by atoms with Crippen molar-refractivity contribution in [2.45, 2.75) is 32.9 Å². The molecule has 0 radical (unpaired) electrons. The standard InChI is InChI=1S/C19H25ClN4O4S/c1-19(2,3)28-18(26)22-8-7-21-14-6-5-12(16(25)27-4)9-15(14)23-10-13-11-24-17(20)29-13/h5-6,9,11,21,23H,7-8,10H2,1-4H3,(H,22,26). The molecular weight excluding hydrogens is 416 g/mol. The van der Waals surface area contributed by atoms with Crippen molar-refractivity contribution in [3.05, 3.63) is 39.3 Å². The minimum absolute atomic E-state index is 0.373. The van der Waals surface area contributed by atoms with Crippen LogP contribution >= 0.6 is 22.9 Å². The van der Waals surface area contributed by atoms with Crippen molar-refractivity contribution in [2.75, 3.05) is 30.8 Å². The summed E-state index contributed by atoms with van der Waals surface area (Å²) in [4.78, 5) is 28.5. The van der Waals surface area contributed by atoms with Crippen molar-refractivity contribution in [3.8, 4) is 0 Å². The third kappa shape index (κ3) is 7.78. The second-order valence-corrected chi connectivity index (χ2v) is 8.74. The van der Waals surface area contributed by atoms with Crippen LogP contribution in [0.5, 0.6) is 0 Å². The maximum Gasteiger partial charge on any atom is 0.407 e. The van der Waals surface area contributed by atoms with Gasteiger partial charge in [0.1, 0.15) is 5.60 Å². The van der Waals surface area contributed by atoms with Crippen molar-refractivity contribution < 1.29 is 19.1 Å². The van der Waals surface area contributed by atoms with Crippen molar-refractivity contribution >= 4 is 46.4 Å². The molecule has 0 aliphatic rings. The lowest BCUT2D eigenvalue weighted by Gasteiger charge is -2.20. The Balaban J connectivity index is 1.99. The molecule has 1 aromatic heterocycles. The summed E-state index contributed by atoms with van der Waals surface area (Å²) in [5, 5.41) is 9.20. The lowest BCUT2D eigenvalue weighted by molar-refractivity contribution is 0.0528. The Bertz CT molecular complexity index is 851. The summed E-state index contributed by atoms with van der Waals surface area (Å²) in [5.41, 5.74) is 1.38. The molecule has 0 bridgehead atoms. The van der Waals surface area contributed by atoms with E-state index < -0.39 is 17.7 Å². The molecule has 10 heteroatoms. The van der Waals surface area contributed by atoms with Crippen molar-refractivity contribution in [1.82, 2.24) is 10.3 Å². The fourth-order valence-electron chi connectivity index (χ4n) is 2.31. The van der Waals surface area contributed by atoms with Gasteiger partial charge in [0.15, 0.2) is 4.47 Å². The molecule has 2 aromatic rings. The summed E-state index contributed by atoms with van der Waals surface area (Å²) in [6.07, 6.45) is 1.22. The quantitative estimate of drug-likeness (QED) is 0.419. The molecular formula is C19H25ClN4O4S. The normalized spacial score (nSPS) is 10.9. The average Bonchev–Trinajstić information content (AvgIpc) is 3.07. The first-order valence-corrected chi connectivity index (χ1v) is 10.1. The van der Waals surface area contributed by atoms with E-state index in [1.54, 1.807) is 24.4 Å². The number of carbonyl (C=O) groups excluding carboxylic acids is 2. The van der Waals surface area contributed by atoms with Crippen LogP contribution in [0.15, 0.2) is 24.4 Å². The van der Waals surface area contributed by atoms with Gasteiger partial charge in [0.2, 0.25) is 0 Å². The Labute approximate surface area is 179 Å². The summed E-state index contributed by atoms with van der Waals surface area (Å²) in [7, 11) is 1.34. The number of thiazole rings is 1. The van der Waals surface area contributed by atoms with Gasteiger partial charge in [-0.2, -0.15) is 0 Å². The first-order chi connectivity index (χ1) is 13.7. The topological polar surface area (TPSA) is 102 Å². The van der Waals surface area contributed by atoms with Gasteiger partial charge in [-0.05, 0) is 39.0 Å². The van der Waals surface area contributed by atoms with E-state index in [0.29, 0.717) is 29.7 Å². The summed E-state index contributed by atoms with van der Waals surface area (Å²) in [6.45, 7) is 6.76. The van der Waals surface area contributed by atoms with Crippen LogP contribution in [0.2, 0.25) is 4.47 Å². The monoisotopic (exact) mass is 440 g/mol. The number of carbonyl (C=O) groups is 2. The Morgan fingerprint density at radius 2 is 1.93 bits per heavy atom. The summed E-state index contributed by atoms with van der Waals surface area (Å²) < 4.78 is 10.5. The molecule has 1 amide bonds. The zero-order valence-electron chi connectivity index (χ0n) is 16.8. The highest BCUT2D eigenvalue weighted by molar-refractivity contribution is 7.15. The summed E-state index contributed by atoms with van der Waals surface area (Å²) in [5.74, 6) is -0.424. The van der Waals surface area contributed by atoms with Crippen LogP contribution in [0.1, 0.15) is 36.0 Å². The zero-order chi connectivity index (χ0) is 21.4. The number of alkyl carbamates (subject to hydrolysis) is 1. The number of esters is 1. The second-order valence-electron chi connectivity index (χ2n) is 7.04. The summed E-state index contributed by atoms with van der Waals surface area (Å²) in [6, 6.07) is 5.16. The van der Waals surface area contributed by atoms with Gasteiger partial charge >= 0.3 is 12.1 Å². The van der Waals surface area contributed by atoms with Gasteiger partial charge in [0.05, 0.1) is 30.6 Å². The number of methoxy groups -OCH3 is 1. The Morgan fingerprint density at radius 1 is 1.17 bits per heavy atom. The number of benzene rings is 1. The Morgan fingerprint density at radius 3 is 2.55 bits per heavy atom. The minimum atomic E-state index is -0.544. The number of aromatic nitrogens is 1. The number of nitrogens with one attached hydrogen (secondary N) is 3. The third-order valence-corrected chi connectivity index (χ3v) is 4.64. The SMILES string of the molecule is COC(=O)c1ccc(NCCNC(=O)OC(C)(C)C)c(NCc2cnc(Cl)s2)c1. The van der Waals surface area contributed by atoms with E-state index in [0.717, 1.165) is 16.3 Å². The molecule has 29 heavy (non-hydrogen) atoms. The smallest absolute Gasteiger partial charge is 0.407 e. The highest BCUT2D eigenvalue weighted by Gasteiger charge is 2.15. The van der Waals surface area contributed by atoms with Crippen molar-refractivity contribution in [3.63, 3.8) is 0 Å². The number of hydrogen-bond donors (Lipinski definition) is 3. The molecule has 2 rings (SSSR count). The maximum atomic E-state index is 11.8. The predicted octanol–water partition coefficient (Wildman–Crippen LogP) is 4.13. The van der Waals surface area contributed by atoms with Crippen LogP contribution in [-0.4, -0.2) is 42.8 Å². The van der Waals surface area contributed by atoms with Crippen LogP contribution in [0.3, 0.4) is 0 Å². The average molecular weight is 441 g/mol. The molecule has 0 spiro atoms. The van der Waals surface area contributed by atoms with Gasteiger partial charge in [-0.25, -0.2) is 14.6 Å². The molecule has 0 aliphatic heterocycles. The molecule has 0 unspecified atom stereocenters. The van der Waals surface area contributed by atoms with E-state index >= 15 is 0 Å². The highest BCUT2D eigenvalue weighted by Crippen LogP contribution is 2.26. The first kappa shape index (κ1) is 22.8. The van der Waals surface area contributed by atoms with Crippen LogP contribution < -0.4 is 16.0 Å². The van der Waals surface area contributed by atoms with Crippen molar-refractivity contribution in [1.29, 1.82) is 0 Å². The molecule has 0 fully saturated rings. The first-order valence-electron chi connectivity index (χ1n) is 8.95. The Kier molecular flexibility index (Phi) is 8.10. The number of rotatable bonds is 8. The van der Waals surface area contributed by atoms with Gasteiger partial charge in [-0.1, -0.05) is 11.6 Å². The van der Waals surface area contributed by atoms with Gasteiger partial charge < -0.3 is 25.4 Å². The van der Waals surface area contributed by atoms with E-state index in [4.69, 9.17) is 21.1 Å². The van der Waals surface area contributed by atoms with Gasteiger partial charge in [-0.3, -0.25) is 0 Å². The number of ether oxygens (including phenoxy) is 2. The van der Waals surface area contributed by atoms with Crippen LogP contribution in [0.4, 0.5) is 16.2 Å². The van der Waals surface area contributed by atoms with E-state index in [-0.39, 0.29) is 0 Å². The zero-order valence-corrected chi connectivity index (χ0v) is 18.4. The van der Waals surface area contributed by atoms with Crippen LogP contribution in [0, 0.1) is 0 Å². The predicted molar refractivity (Wildman–Crippen MR) is 115 cm³/mol. The van der Waals surface area contributed by atoms with Crippen LogP contribution in [0.25, 0.3) is 0 Å². The maximum absolute atomic E-state index is 11.8. The molecule has 1 aromatic carbocycles. The van der Waals surface area contributed by atoms with E-state index in [2.05, 4.69) is 20.9 Å². The molecule has 0 saturated heterocycles. The lowest BCUT2D eigenvalue weighted by Crippen LogP contribution is -2.35. The molecule has 158 valence electrons. The lowest BCUT2D eigenvalue weighted by atomic mass is 10.1. The van der Waals surface area contributed by atoms with Crippen LogP contribution in [-0.2, 0) is 16.0 Å². The number of nitrogens with zero attached hydrogens (tertiary/aromatic N) is 1. The number of anilines is 2. The molecule has 0 saturated carbocycles. The fourth-order valence-corrected chi connectivity index (χ4v) is 3.23. The minimum Gasteiger partial charge on any atom is -0.465 e. The molecule has 3 N–H and O–H groups in total. The highest BCUT2D eigenvalue weighted by atomic mass is 35.5. The van der Waals surface area contributed by atoms with Gasteiger partial charge in [0.25, 0.3) is 0 Å². The van der Waals surface area contributed by atoms with Crippen molar-refractivity contribution in [2.24, 2.45) is 0 Å². The second kappa shape index (κ2) is 10.3. The summed E-state index contributed by atoms with van der Waals surface area (Å²) >= 11 is 7.25. The number of hydrogen-bond acceptors (Lipinski definition) is 8. The molecule has 8 nitrogen and oxygen atoms in total. The van der Waals surface area contributed by atoms with Gasteiger partial charge in [-0.15, -0.1) is 11.3 Å². The van der Waals surface area contributed by atoms with E-state index in [1.165, 1.54) is 18.4 Å². The van der Waals surface area contributed by atoms with Gasteiger partial charge in [0, 0.05) is 24.2 Å². The third-order valence-electron chi connectivity index (χ3n) is 3.53. The van der Waals surface area contributed by atoms with E-state index in [1.807, 2.05) is 20.8 Å². The molecule has 0 atom stereocenters. The number of amides is 1. The van der Waals surface area contributed by atoms with E-state index in [9.17, 15) is 9.59 Å².